The maximum absolute atomic E-state index is 12.4. The molecule has 7 heteroatoms. The van der Waals surface area contributed by atoms with Gasteiger partial charge in [0.1, 0.15) is 5.75 Å². The number of halogens is 1. The van der Waals surface area contributed by atoms with Gasteiger partial charge in [0, 0.05) is 29.5 Å². The number of carbonyl (C=O) groups excluding carboxylic acids is 1. The number of pyridine rings is 1. The van der Waals surface area contributed by atoms with Gasteiger partial charge < -0.3 is 10.1 Å². The van der Waals surface area contributed by atoms with Gasteiger partial charge in [0.2, 0.25) is 0 Å². The van der Waals surface area contributed by atoms with E-state index in [1.54, 1.807) is 42.4 Å². The third-order valence-electron chi connectivity index (χ3n) is 4.61. The first-order valence-corrected chi connectivity index (χ1v) is 9.68. The van der Waals surface area contributed by atoms with E-state index in [9.17, 15) is 4.79 Å². The molecular weight excluding hydrogens is 400 g/mol. The second-order valence-corrected chi connectivity index (χ2v) is 7.05. The summed E-state index contributed by atoms with van der Waals surface area (Å²) in [6, 6.07) is 18.5. The number of hydrogen-bond donors (Lipinski definition) is 1. The molecule has 1 N–H and O–H groups in total. The number of hydrogen-bond acceptors (Lipinski definition) is 4. The molecule has 0 radical (unpaired) electrons. The molecule has 0 aliphatic rings. The zero-order valence-corrected chi connectivity index (χ0v) is 17.0. The highest BCUT2D eigenvalue weighted by atomic mass is 35.5. The fourth-order valence-corrected chi connectivity index (χ4v) is 3.04. The summed E-state index contributed by atoms with van der Waals surface area (Å²) in [6.07, 6.45) is 5.20. The predicted octanol–water partition coefficient (Wildman–Crippen LogP) is 4.53. The normalized spacial score (nSPS) is 10.6. The van der Waals surface area contributed by atoms with Crippen LogP contribution in [0.25, 0.3) is 16.9 Å². The Labute approximate surface area is 179 Å². The molecule has 0 fully saturated rings. The van der Waals surface area contributed by atoms with Gasteiger partial charge in [0.15, 0.2) is 0 Å². The Morgan fingerprint density at radius 1 is 1.03 bits per heavy atom. The number of rotatable bonds is 6. The van der Waals surface area contributed by atoms with Crippen molar-refractivity contribution in [1.82, 2.24) is 20.1 Å². The molecule has 0 unspecified atom stereocenters. The van der Waals surface area contributed by atoms with Gasteiger partial charge in [-0.05, 0) is 54.1 Å². The molecule has 4 aromatic rings. The number of amides is 1. The highest BCUT2D eigenvalue weighted by Crippen LogP contribution is 2.20. The Balaban J connectivity index is 1.42. The van der Waals surface area contributed by atoms with E-state index in [2.05, 4.69) is 15.4 Å². The van der Waals surface area contributed by atoms with E-state index in [0.717, 1.165) is 28.3 Å². The smallest absolute Gasteiger partial charge is 0.253 e. The van der Waals surface area contributed by atoms with Gasteiger partial charge in [-0.1, -0.05) is 23.7 Å². The van der Waals surface area contributed by atoms with Gasteiger partial charge in [0.25, 0.3) is 5.91 Å². The Kier molecular flexibility index (Phi) is 5.77. The zero-order valence-electron chi connectivity index (χ0n) is 16.2. The van der Waals surface area contributed by atoms with Crippen molar-refractivity contribution in [2.45, 2.75) is 6.54 Å². The number of methoxy groups -OCH3 is 1. The first-order chi connectivity index (χ1) is 14.6. The number of nitrogens with zero attached hydrogens (tertiary/aromatic N) is 3. The molecule has 0 aliphatic heterocycles. The third kappa shape index (κ3) is 4.50. The molecule has 0 saturated heterocycles. The van der Waals surface area contributed by atoms with E-state index < -0.39 is 0 Å². The van der Waals surface area contributed by atoms with Crippen molar-refractivity contribution in [1.29, 1.82) is 0 Å². The Bertz CT molecular complexity index is 1140. The average molecular weight is 419 g/mol. The monoisotopic (exact) mass is 418 g/mol. The molecule has 6 nitrogen and oxygen atoms in total. The summed E-state index contributed by atoms with van der Waals surface area (Å²) >= 11 is 5.88. The van der Waals surface area contributed by atoms with Crippen LogP contribution in [0, 0.1) is 0 Å². The van der Waals surface area contributed by atoms with Crippen LogP contribution in [0.3, 0.4) is 0 Å². The fraction of sp³-hybridized carbons (Fsp3) is 0.0870. The second-order valence-electron chi connectivity index (χ2n) is 6.61. The van der Waals surface area contributed by atoms with E-state index in [0.29, 0.717) is 17.1 Å². The van der Waals surface area contributed by atoms with Crippen LogP contribution >= 0.6 is 11.6 Å². The summed E-state index contributed by atoms with van der Waals surface area (Å²) in [6.45, 7) is 0.423. The minimum Gasteiger partial charge on any atom is -0.497 e. The first kappa shape index (κ1) is 19.7. The van der Waals surface area contributed by atoms with Crippen LogP contribution in [0.2, 0.25) is 5.02 Å². The molecule has 0 atom stereocenters. The molecular formula is C23H19ClN4O2. The number of nitrogens with one attached hydrogen (secondary N) is 1. The molecule has 4 rings (SSSR count). The lowest BCUT2D eigenvalue weighted by atomic mass is 10.2. The first-order valence-electron chi connectivity index (χ1n) is 9.30. The van der Waals surface area contributed by atoms with Crippen molar-refractivity contribution in [2.24, 2.45) is 0 Å². The lowest BCUT2D eigenvalue weighted by Crippen LogP contribution is -2.22. The van der Waals surface area contributed by atoms with Crippen molar-refractivity contribution < 1.29 is 9.53 Å². The Morgan fingerprint density at radius 2 is 1.80 bits per heavy atom. The maximum Gasteiger partial charge on any atom is 0.253 e. The molecule has 2 heterocycles. The highest BCUT2D eigenvalue weighted by molar-refractivity contribution is 6.30. The summed E-state index contributed by atoms with van der Waals surface area (Å²) in [7, 11) is 1.63. The maximum atomic E-state index is 12.4. The van der Waals surface area contributed by atoms with Crippen LogP contribution in [-0.4, -0.2) is 27.8 Å². The molecule has 150 valence electrons. The Morgan fingerprint density at radius 3 is 2.47 bits per heavy atom. The van der Waals surface area contributed by atoms with Crippen molar-refractivity contribution in [3.63, 3.8) is 0 Å². The van der Waals surface area contributed by atoms with Gasteiger partial charge in [-0.2, -0.15) is 5.10 Å². The second kappa shape index (κ2) is 8.80. The molecule has 0 aliphatic carbocycles. The standard InChI is InChI=1S/C23H19ClN4O2/c1-30-21-9-7-20(8-10-21)28-15-18(14-27-28)22-11-4-17(13-25-22)23(29)26-12-16-2-5-19(24)6-3-16/h2-11,13-15H,12H2,1H3,(H,26,29). The van der Waals surface area contributed by atoms with E-state index in [1.165, 1.54) is 0 Å². The minimum absolute atomic E-state index is 0.182. The fourth-order valence-electron chi connectivity index (χ4n) is 2.92. The quantitative estimate of drug-likeness (QED) is 0.499. The summed E-state index contributed by atoms with van der Waals surface area (Å²) in [5.74, 6) is 0.607. The lowest BCUT2D eigenvalue weighted by molar-refractivity contribution is 0.0950. The van der Waals surface area contributed by atoms with Crippen LogP contribution in [0.5, 0.6) is 5.75 Å². The van der Waals surface area contributed by atoms with Crippen molar-refractivity contribution in [3.8, 4) is 22.7 Å². The van der Waals surface area contributed by atoms with Crippen LogP contribution < -0.4 is 10.1 Å². The van der Waals surface area contributed by atoms with Crippen LogP contribution in [0.4, 0.5) is 0 Å². The largest absolute Gasteiger partial charge is 0.497 e. The number of benzene rings is 2. The van der Waals surface area contributed by atoms with Crippen LogP contribution in [0.15, 0.2) is 79.3 Å². The predicted molar refractivity (Wildman–Crippen MR) is 116 cm³/mol. The van der Waals surface area contributed by atoms with E-state index >= 15 is 0 Å². The number of aromatic nitrogens is 3. The van der Waals surface area contributed by atoms with Gasteiger partial charge >= 0.3 is 0 Å². The van der Waals surface area contributed by atoms with Crippen molar-refractivity contribution in [3.05, 3.63) is 95.4 Å². The zero-order chi connectivity index (χ0) is 20.9. The summed E-state index contributed by atoms with van der Waals surface area (Å²) in [5, 5.41) is 7.94. The molecule has 0 spiro atoms. The summed E-state index contributed by atoms with van der Waals surface area (Å²) < 4.78 is 6.95. The van der Waals surface area contributed by atoms with Gasteiger partial charge in [-0.3, -0.25) is 9.78 Å². The van der Waals surface area contributed by atoms with E-state index in [-0.39, 0.29) is 5.91 Å². The van der Waals surface area contributed by atoms with E-state index in [1.807, 2.05) is 48.7 Å². The van der Waals surface area contributed by atoms with Crippen LogP contribution in [0.1, 0.15) is 15.9 Å². The molecule has 1 amide bonds. The third-order valence-corrected chi connectivity index (χ3v) is 4.86. The summed E-state index contributed by atoms with van der Waals surface area (Å²) in [5.41, 5.74) is 3.99. The number of carbonyl (C=O) groups is 1. The van der Waals surface area contributed by atoms with Gasteiger partial charge in [0.05, 0.1) is 30.3 Å². The highest BCUT2D eigenvalue weighted by Gasteiger charge is 2.09. The van der Waals surface area contributed by atoms with E-state index in [4.69, 9.17) is 16.3 Å². The molecule has 2 aromatic heterocycles. The summed E-state index contributed by atoms with van der Waals surface area (Å²) in [4.78, 5) is 16.8. The molecule has 0 bridgehead atoms. The number of ether oxygens (including phenoxy) is 1. The molecule has 0 saturated carbocycles. The minimum atomic E-state index is -0.182. The lowest BCUT2D eigenvalue weighted by Gasteiger charge is -2.06. The van der Waals surface area contributed by atoms with Crippen molar-refractivity contribution in [2.75, 3.05) is 7.11 Å². The van der Waals surface area contributed by atoms with Gasteiger partial charge in [-0.15, -0.1) is 0 Å². The topological polar surface area (TPSA) is 69.0 Å². The van der Waals surface area contributed by atoms with Gasteiger partial charge in [-0.25, -0.2) is 4.68 Å². The SMILES string of the molecule is COc1ccc(-n2cc(-c3ccc(C(=O)NCc4ccc(Cl)cc4)cn3)cn2)cc1. The average Bonchev–Trinajstić information content (AvgIpc) is 3.29. The Hall–Kier alpha value is -3.64. The van der Waals surface area contributed by atoms with Crippen LogP contribution in [-0.2, 0) is 6.54 Å². The molecule has 2 aromatic carbocycles. The van der Waals surface area contributed by atoms with Crippen molar-refractivity contribution >= 4 is 17.5 Å². The molecule has 30 heavy (non-hydrogen) atoms.